The van der Waals surface area contributed by atoms with Gasteiger partial charge in [-0.05, 0) is 25.0 Å². The van der Waals surface area contributed by atoms with E-state index in [0.29, 0.717) is 31.6 Å². The van der Waals surface area contributed by atoms with Crippen LogP contribution in [-0.4, -0.2) is 67.7 Å². The van der Waals surface area contributed by atoms with E-state index in [4.69, 9.17) is 10.5 Å². The monoisotopic (exact) mass is 340 g/mol. The third kappa shape index (κ3) is 4.00. The van der Waals surface area contributed by atoms with Crippen LogP contribution in [0.5, 0.6) is 0 Å². The van der Waals surface area contributed by atoms with Gasteiger partial charge in [-0.2, -0.15) is 0 Å². The van der Waals surface area contributed by atoms with Gasteiger partial charge in [0, 0.05) is 32.2 Å². The molecule has 1 atom stereocenters. The maximum atomic E-state index is 11.6. The van der Waals surface area contributed by atoms with Crippen LogP contribution < -0.4 is 5.73 Å². The summed E-state index contributed by atoms with van der Waals surface area (Å²) in [5.74, 6) is 0.504. The molecule has 0 unspecified atom stereocenters. The van der Waals surface area contributed by atoms with Gasteiger partial charge in [0.25, 0.3) is 0 Å². The van der Waals surface area contributed by atoms with E-state index in [-0.39, 0.29) is 6.10 Å². The first-order chi connectivity index (χ1) is 10.9. The first kappa shape index (κ1) is 16.6. The summed E-state index contributed by atoms with van der Waals surface area (Å²) in [4.78, 5) is 6.76. The van der Waals surface area contributed by atoms with Crippen molar-refractivity contribution in [2.45, 2.75) is 25.0 Å². The lowest BCUT2D eigenvalue weighted by Crippen LogP contribution is -2.50. The molecule has 0 radical (unpaired) electrons. The van der Waals surface area contributed by atoms with Crippen molar-refractivity contribution in [3.05, 3.63) is 23.9 Å². The lowest BCUT2D eigenvalue weighted by Gasteiger charge is -2.41. The van der Waals surface area contributed by atoms with Gasteiger partial charge in [-0.25, -0.2) is 17.7 Å². The largest absolute Gasteiger partial charge is 0.384 e. The van der Waals surface area contributed by atoms with Gasteiger partial charge < -0.3 is 10.5 Å². The normalized spacial score (nSPS) is 25.5. The molecule has 2 aliphatic heterocycles. The van der Waals surface area contributed by atoms with E-state index in [1.807, 2.05) is 12.1 Å². The maximum Gasteiger partial charge on any atom is 0.211 e. The number of morpholine rings is 1. The van der Waals surface area contributed by atoms with Crippen LogP contribution in [-0.2, 0) is 14.8 Å². The first-order valence-corrected chi connectivity index (χ1v) is 9.81. The number of aromatic nitrogens is 1. The fraction of sp³-hybridized carbons (Fsp3) is 0.667. The lowest BCUT2D eigenvalue weighted by atomic mass is 10.0. The van der Waals surface area contributed by atoms with Crippen LogP contribution in [0.15, 0.2) is 18.2 Å². The Morgan fingerprint density at radius 3 is 2.65 bits per heavy atom. The van der Waals surface area contributed by atoms with E-state index < -0.39 is 10.0 Å². The topological polar surface area (TPSA) is 88.8 Å². The third-order valence-electron chi connectivity index (χ3n) is 4.63. The number of pyridine rings is 1. The van der Waals surface area contributed by atoms with Crippen LogP contribution >= 0.6 is 0 Å². The number of anilines is 1. The highest BCUT2D eigenvalue weighted by molar-refractivity contribution is 7.88. The zero-order valence-electron chi connectivity index (χ0n) is 13.4. The van der Waals surface area contributed by atoms with Crippen molar-refractivity contribution in [3.8, 4) is 0 Å². The Morgan fingerprint density at radius 2 is 2.00 bits per heavy atom. The average molecular weight is 340 g/mol. The Bertz CT molecular complexity index is 644. The molecule has 3 heterocycles. The van der Waals surface area contributed by atoms with Gasteiger partial charge in [0.05, 0.1) is 18.6 Å². The number of ether oxygens (including phenoxy) is 1. The summed E-state index contributed by atoms with van der Waals surface area (Å²) in [6.07, 6.45) is 2.94. The van der Waals surface area contributed by atoms with Gasteiger partial charge in [0.15, 0.2) is 0 Å². The highest BCUT2D eigenvalue weighted by Gasteiger charge is 2.32. The number of hydrogen-bond acceptors (Lipinski definition) is 6. The molecule has 2 saturated heterocycles. The predicted octanol–water partition coefficient (Wildman–Crippen LogP) is 0.461. The molecule has 0 saturated carbocycles. The molecular weight excluding hydrogens is 316 g/mol. The Balaban J connectivity index is 1.61. The second-order valence-electron chi connectivity index (χ2n) is 6.23. The minimum atomic E-state index is -3.07. The SMILES string of the molecule is CS(=O)(=O)N1CCC(N2CCO[C@H](c3cccc(N)n3)C2)CC1. The Morgan fingerprint density at radius 1 is 1.26 bits per heavy atom. The van der Waals surface area contributed by atoms with Crippen LogP contribution in [0, 0.1) is 0 Å². The van der Waals surface area contributed by atoms with Crippen molar-refractivity contribution in [2.75, 3.05) is 44.8 Å². The molecule has 7 nitrogen and oxygen atoms in total. The number of nitrogen functional groups attached to an aromatic ring is 1. The second-order valence-corrected chi connectivity index (χ2v) is 8.22. The smallest absolute Gasteiger partial charge is 0.211 e. The molecule has 2 fully saturated rings. The molecule has 23 heavy (non-hydrogen) atoms. The highest BCUT2D eigenvalue weighted by atomic mass is 32.2. The quantitative estimate of drug-likeness (QED) is 0.860. The molecular formula is C15H24N4O3S. The summed E-state index contributed by atoms with van der Waals surface area (Å²) in [5, 5.41) is 0. The molecule has 1 aromatic rings. The molecule has 128 valence electrons. The van der Waals surface area contributed by atoms with Crippen LogP contribution in [0.2, 0.25) is 0 Å². The Labute approximate surface area is 137 Å². The van der Waals surface area contributed by atoms with E-state index in [1.165, 1.54) is 6.26 Å². The molecule has 2 N–H and O–H groups in total. The van der Waals surface area contributed by atoms with Gasteiger partial charge >= 0.3 is 0 Å². The van der Waals surface area contributed by atoms with Crippen molar-refractivity contribution >= 4 is 15.8 Å². The van der Waals surface area contributed by atoms with E-state index in [0.717, 1.165) is 31.6 Å². The number of hydrogen-bond donors (Lipinski definition) is 1. The van der Waals surface area contributed by atoms with Crippen molar-refractivity contribution in [2.24, 2.45) is 0 Å². The van der Waals surface area contributed by atoms with Crippen molar-refractivity contribution < 1.29 is 13.2 Å². The van der Waals surface area contributed by atoms with Gasteiger partial charge in [0.2, 0.25) is 10.0 Å². The standard InChI is InChI=1S/C15H24N4O3S/c1-23(20,21)19-7-5-12(6-8-19)18-9-10-22-14(11-18)13-3-2-4-15(16)17-13/h2-4,12,14H,5-11H2,1H3,(H2,16,17)/t14-/m0/s1. The van der Waals surface area contributed by atoms with Crippen LogP contribution in [0.3, 0.4) is 0 Å². The Hall–Kier alpha value is -1.22. The van der Waals surface area contributed by atoms with Gasteiger partial charge in [-0.15, -0.1) is 0 Å². The van der Waals surface area contributed by atoms with E-state index in [9.17, 15) is 8.42 Å². The Kier molecular flexibility index (Phi) is 4.86. The molecule has 0 amide bonds. The highest BCUT2D eigenvalue weighted by Crippen LogP contribution is 2.26. The van der Waals surface area contributed by atoms with E-state index in [2.05, 4.69) is 9.88 Å². The van der Waals surface area contributed by atoms with Gasteiger partial charge in [0.1, 0.15) is 11.9 Å². The minimum Gasteiger partial charge on any atom is -0.384 e. The summed E-state index contributed by atoms with van der Waals surface area (Å²) in [6.45, 7) is 3.51. The van der Waals surface area contributed by atoms with E-state index in [1.54, 1.807) is 10.4 Å². The molecule has 8 heteroatoms. The fourth-order valence-electron chi connectivity index (χ4n) is 3.37. The first-order valence-electron chi connectivity index (χ1n) is 7.96. The molecule has 2 aliphatic rings. The molecule has 0 aromatic carbocycles. The number of rotatable bonds is 3. The number of sulfonamides is 1. The van der Waals surface area contributed by atoms with Crippen LogP contribution in [0.25, 0.3) is 0 Å². The second kappa shape index (κ2) is 6.72. The molecule has 3 rings (SSSR count). The molecule has 0 bridgehead atoms. The molecule has 1 aromatic heterocycles. The molecule has 0 spiro atoms. The number of piperidine rings is 1. The summed E-state index contributed by atoms with van der Waals surface area (Å²) >= 11 is 0. The van der Waals surface area contributed by atoms with Crippen LogP contribution in [0.4, 0.5) is 5.82 Å². The van der Waals surface area contributed by atoms with Gasteiger partial charge in [-0.3, -0.25) is 4.90 Å². The fourth-order valence-corrected chi connectivity index (χ4v) is 4.24. The van der Waals surface area contributed by atoms with Crippen molar-refractivity contribution in [1.29, 1.82) is 0 Å². The van der Waals surface area contributed by atoms with Gasteiger partial charge in [-0.1, -0.05) is 6.07 Å². The average Bonchev–Trinajstić information content (AvgIpc) is 2.54. The number of nitrogens with zero attached hydrogens (tertiary/aromatic N) is 3. The summed E-state index contributed by atoms with van der Waals surface area (Å²) < 4.78 is 30.6. The number of nitrogens with two attached hydrogens (primary N) is 1. The minimum absolute atomic E-state index is 0.0693. The summed E-state index contributed by atoms with van der Waals surface area (Å²) in [5.41, 5.74) is 6.62. The van der Waals surface area contributed by atoms with Crippen molar-refractivity contribution in [1.82, 2.24) is 14.2 Å². The lowest BCUT2D eigenvalue weighted by molar-refractivity contribution is -0.0527. The molecule has 0 aliphatic carbocycles. The predicted molar refractivity (Wildman–Crippen MR) is 88.4 cm³/mol. The summed E-state index contributed by atoms with van der Waals surface area (Å²) in [7, 11) is -3.07. The van der Waals surface area contributed by atoms with Crippen LogP contribution in [0.1, 0.15) is 24.6 Å². The summed E-state index contributed by atoms with van der Waals surface area (Å²) in [6, 6.07) is 6.01. The maximum absolute atomic E-state index is 11.6. The third-order valence-corrected chi connectivity index (χ3v) is 5.93. The zero-order valence-corrected chi connectivity index (χ0v) is 14.2. The van der Waals surface area contributed by atoms with Crippen molar-refractivity contribution in [3.63, 3.8) is 0 Å². The zero-order chi connectivity index (χ0) is 16.4. The van der Waals surface area contributed by atoms with E-state index >= 15 is 0 Å².